The number of rotatable bonds is 8. The van der Waals surface area contributed by atoms with Crippen LogP contribution >= 0.6 is 0 Å². The molecule has 7 unspecified atom stereocenters. The summed E-state index contributed by atoms with van der Waals surface area (Å²) in [6.45, 7) is 14.4. The van der Waals surface area contributed by atoms with Crippen molar-refractivity contribution in [3.05, 3.63) is 62.8 Å². The van der Waals surface area contributed by atoms with E-state index in [0.717, 1.165) is 41.1 Å². The lowest BCUT2D eigenvalue weighted by atomic mass is 9.77. The highest BCUT2D eigenvalue weighted by Crippen LogP contribution is 2.43. The maximum absolute atomic E-state index is 12.8. The van der Waals surface area contributed by atoms with Gasteiger partial charge in [0, 0.05) is 78.5 Å². The monoisotopic (exact) mass is 606 g/mol. The van der Waals surface area contributed by atoms with E-state index in [-0.39, 0.29) is 48.4 Å². The van der Waals surface area contributed by atoms with Gasteiger partial charge in [0.2, 0.25) is 0 Å². The summed E-state index contributed by atoms with van der Waals surface area (Å²) >= 11 is 0. The first-order chi connectivity index (χ1) is 20.9. The van der Waals surface area contributed by atoms with Crippen LogP contribution in [0, 0.1) is 25.7 Å². The van der Waals surface area contributed by atoms with E-state index < -0.39 is 29.9 Å². The predicted octanol–water partition coefficient (Wildman–Crippen LogP) is 4.72. The van der Waals surface area contributed by atoms with E-state index in [1.165, 1.54) is 11.1 Å². The number of aromatic carboxylic acids is 1. The largest absolute Gasteiger partial charge is 0.481 e. The van der Waals surface area contributed by atoms with Crippen LogP contribution in [0.15, 0.2) is 17.7 Å². The molecule has 0 radical (unpaired) electrons. The molecule has 7 atom stereocenters. The fourth-order valence-corrected chi connectivity index (χ4v) is 8.45. The van der Waals surface area contributed by atoms with Crippen molar-refractivity contribution in [1.29, 1.82) is 0 Å². The van der Waals surface area contributed by atoms with Crippen LogP contribution in [0.1, 0.15) is 102 Å². The number of hydrogen-bond acceptors (Lipinski definition) is 5. The number of carbonyl (C=O) groups is 3. The minimum absolute atomic E-state index is 0.00251. The topological polar surface area (TPSA) is 168 Å². The number of carboxylic acids is 3. The normalized spacial score (nSPS) is 28.3. The molecule has 8 bridgehead atoms. The van der Waals surface area contributed by atoms with E-state index in [1.54, 1.807) is 6.92 Å². The zero-order valence-corrected chi connectivity index (χ0v) is 26.3. The number of carboxylic acid groups (broad SMARTS) is 3. The Labute approximate surface area is 258 Å². The first kappa shape index (κ1) is 31.8. The van der Waals surface area contributed by atoms with Gasteiger partial charge in [-0.2, -0.15) is 0 Å². The van der Waals surface area contributed by atoms with Gasteiger partial charge in [-0.3, -0.25) is 9.59 Å². The first-order valence-corrected chi connectivity index (χ1v) is 15.8. The number of aromatic nitrogens is 2. The minimum atomic E-state index is -1.09. The molecule has 1 fully saturated rings. The highest BCUT2D eigenvalue weighted by atomic mass is 16.4. The van der Waals surface area contributed by atoms with Crippen LogP contribution < -0.4 is 10.6 Å². The number of H-pyrrole nitrogens is 2. The van der Waals surface area contributed by atoms with Crippen molar-refractivity contribution in [2.45, 2.75) is 110 Å². The van der Waals surface area contributed by atoms with Gasteiger partial charge in [0.25, 0.3) is 0 Å². The zero-order valence-electron chi connectivity index (χ0n) is 26.3. The third kappa shape index (κ3) is 5.65. The number of aliphatic carboxylic acids is 2. The summed E-state index contributed by atoms with van der Waals surface area (Å²) in [6, 6.07) is -0.396. The molecule has 1 saturated heterocycles. The van der Waals surface area contributed by atoms with E-state index in [2.05, 4.69) is 54.9 Å². The molecule has 0 aliphatic carbocycles. The van der Waals surface area contributed by atoms with Gasteiger partial charge in [0.05, 0.1) is 12.0 Å². The van der Waals surface area contributed by atoms with E-state index in [0.29, 0.717) is 30.5 Å². The van der Waals surface area contributed by atoms with Crippen LogP contribution in [0.25, 0.3) is 6.08 Å². The maximum atomic E-state index is 12.8. The average molecular weight is 607 g/mol. The van der Waals surface area contributed by atoms with Crippen molar-refractivity contribution < 1.29 is 29.7 Å². The van der Waals surface area contributed by atoms with Gasteiger partial charge in [-0.05, 0) is 62.1 Å². The molecule has 0 spiro atoms. The molecule has 0 aromatic carbocycles. The number of hydrogen-bond donors (Lipinski definition) is 7. The summed E-state index contributed by atoms with van der Waals surface area (Å²) in [6.07, 6.45) is 4.76. The van der Waals surface area contributed by atoms with Crippen LogP contribution in [0.4, 0.5) is 0 Å². The Morgan fingerprint density at radius 3 is 2.20 bits per heavy atom. The minimum Gasteiger partial charge on any atom is -0.481 e. The maximum Gasteiger partial charge on any atom is 0.337 e. The Balaban J connectivity index is 1.70. The Hall–Kier alpha value is -3.63. The molecule has 7 N–H and O–H groups in total. The van der Waals surface area contributed by atoms with Gasteiger partial charge in [-0.1, -0.05) is 37.6 Å². The summed E-state index contributed by atoms with van der Waals surface area (Å²) in [5, 5.41) is 37.7. The lowest BCUT2D eigenvalue weighted by molar-refractivity contribution is -0.139. The number of fused-ring (bicyclic) bond motifs is 8. The van der Waals surface area contributed by atoms with Crippen molar-refractivity contribution in [3.63, 3.8) is 0 Å². The molecule has 5 rings (SSSR count). The van der Waals surface area contributed by atoms with E-state index in [1.807, 2.05) is 6.08 Å². The van der Waals surface area contributed by atoms with Crippen LogP contribution in [0.5, 0.6) is 0 Å². The van der Waals surface area contributed by atoms with Gasteiger partial charge in [0.15, 0.2) is 0 Å². The zero-order chi connectivity index (χ0) is 32.0. The second kappa shape index (κ2) is 12.4. The quantitative estimate of drug-likeness (QED) is 0.212. The van der Waals surface area contributed by atoms with E-state index >= 15 is 0 Å². The van der Waals surface area contributed by atoms with Crippen molar-refractivity contribution in [2.75, 3.05) is 0 Å². The molecule has 2 aromatic rings. The second-order valence-corrected chi connectivity index (χ2v) is 13.1. The average Bonchev–Trinajstić information content (AvgIpc) is 3.63. The summed E-state index contributed by atoms with van der Waals surface area (Å²) in [7, 11) is 0. The SMILES string of the molecule is C=Cc1c2[nH]c(c1C)CC1NC(C(CC(=O)O)c3[nH]c(c(C)c3C(=O)O)CC3NC(C2)C(C)=C3CC)C(CCC(=O)O)C1C. The first-order valence-electron chi connectivity index (χ1n) is 15.8. The Morgan fingerprint density at radius 1 is 0.909 bits per heavy atom. The lowest BCUT2D eigenvalue weighted by Gasteiger charge is -2.29. The van der Waals surface area contributed by atoms with Crippen molar-refractivity contribution in [2.24, 2.45) is 11.8 Å². The third-order valence-electron chi connectivity index (χ3n) is 10.8. The van der Waals surface area contributed by atoms with Gasteiger partial charge < -0.3 is 35.9 Å². The molecular weight excluding hydrogens is 560 g/mol. The standard InChI is InChI=1S/C34H46N4O6/c1-7-19-15(3)23-12-25-17(5)21(9-10-29(39)40)32(37-25)22(11-30(41)42)33-31(34(43)44)18(6)26(38-33)14-28-20(8-2)16(4)24(36-28)13-27(19)35-23/h7,17,21-22,24-25,28,32,35-38H,1,8-14H2,2-6H3,(H,39,40)(H,41,42)(H,43,44). The van der Waals surface area contributed by atoms with Crippen LogP contribution in [-0.2, 0) is 28.9 Å². The van der Waals surface area contributed by atoms with Crippen molar-refractivity contribution in [1.82, 2.24) is 20.6 Å². The molecule has 0 saturated carbocycles. The molecule has 44 heavy (non-hydrogen) atoms. The molecule has 5 heterocycles. The molecule has 10 nitrogen and oxygen atoms in total. The molecule has 238 valence electrons. The molecule has 2 aromatic heterocycles. The fraction of sp³-hybridized carbons (Fsp3) is 0.559. The third-order valence-corrected chi connectivity index (χ3v) is 10.8. The molecule has 10 heteroatoms. The second-order valence-electron chi connectivity index (χ2n) is 13.1. The van der Waals surface area contributed by atoms with E-state index in [4.69, 9.17) is 0 Å². The smallest absolute Gasteiger partial charge is 0.337 e. The van der Waals surface area contributed by atoms with Gasteiger partial charge in [0.1, 0.15) is 0 Å². The van der Waals surface area contributed by atoms with Crippen LogP contribution in [0.3, 0.4) is 0 Å². The van der Waals surface area contributed by atoms with Crippen molar-refractivity contribution in [3.8, 4) is 0 Å². The summed E-state index contributed by atoms with van der Waals surface area (Å²) in [5.41, 5.74) is 8.97. The summed E-state index contributed by atoms with van der Waals surface area (Å²) in [5.74, 6) is -3.88. The van der Waals surface area contributed by atoms with Crippen LogP contribution in [-0.4, -0.2) is 67.4 Å². The van der Waals surface area contributed by atoms with Gasteiger partial charge >= 0.3 is 17.9 Å². The van der Waals surface area contributed by atoms with E-state index in [9.17, 15) is 29.7 Å². The molecule has 3 aliphatic heterocycles. The Morgan fingerprint density at radius 2 is 1.59 bits per heavy atom. The predicted molar refractivity (Wildman–Crippen MR) is 168 cm³/mol. The molecule has 3 aliphatic rings. The highest BCUT2D eigenvalue weighted by molar-refractivity contribution is 5.92. The summed E-state index contributed by atoms with van der Waals surface area (Å²) in [4.78, 5) is 44.0. The Kier molecular flexibility index (Phi) is 8.96. The fourth-order valence-electron chi connectivity index (χ4n) is 8.45. The van der Waals surface area contributed by atoms with Crippen LogP contribution in [0.2, 0.25) is 0 Å². The van der Waals surface area contributed by atoms with Gasteiger partial charge in [-0.15, -0.1) is 0 Å². The molecular formula is C34H46N4O6. The highest BCUT2D eigenvalue weighted by Gasteiger charge is 2.46. The van der Waals surface area contributed by atoms with Crippen molar-refractivity contribution >= 4 is 24.0 Å². The number of nitrogens with one attached hydrogen (secondary N) is 4. The lowest BCUT2D eigenvalue weighted by Crippen LogP contribution is -2.39. The Bertz CT molecular complexity index is 1520. The number of aromatic amines is 2. The van der Waals surface area contributed by atoms with Gasteiger partial charge in [-0.25, -0.2) is 4.79 Å². The summed E-state index contributed by atoms with van der Waals surface area (Å²) < 4.78 is 0. The molecule has 0 amide bonds.